The van der Waals surface area contributed by atoms with Crippen LogP contribution in [0.3, 0.4) is 0 Å². The second kappa shape index (κ2) is 7.66. The Balaban J connectivity index is 1.60. The van der Waals surface area contributed by atoms with E-state index in [1.807, 2.05) is 48.5 Å². The normalized spacial score (nSPS) is 14.4. The molecular formula is C20H18BrNO3. The van der Waals surface area contributed by atoms with Crippen molar-refractivity contribution in [2.75, 3.05) is 11.4 Å². The SMILES string of the molecule is C[C@H](OC(=O)/C=C/c1ccc(Br)cc1)C(=O)N1CCc2ccccc21. The Morgan fingerprint density at radius 1 is 1.16 bits per heavy atom. The lowest BCUT2D eigenvalue weighted by molar-refractivity contribution is -0.149. The zero-order valence-corrected chi connectivity index (χ0v) is 15.4. The van der Waals surface area contributed by atoms with Gasteiger partial charge in [-0.3, -0.25) is 4.79 Å². The van der Waals surface area contributed by atoms with Gasteiger partial charge >= 0.3 is 5.97 Å². The van der Waals surface area contributed by atoms with Crippen LogP contribution in [0.1, 0.15) is 18.1 Å². The molecule has 1 aliphatic rings. The summed E-state index contributed by atoms with van der Waals surface area (Å²) in [4.78, 5) is 26.2. The second-order valence-corrected chi connectivity index (χ2v) is 6.75. The van der Waals surface area contributed by atoms with Gasteiger partial charge in [-0.2, -0.15) is 0 Å². The summed E-state index contributed by atoms with van der Waals surface area (Å²) in [7, 11) is 0. The number of rotatable bonds is 4. The summed E-state index contributed by atoms with van der Waals surface area (Å²) in [6.45, 7) is 2.23. The van der Waals surface area contributed by atoms with Gasteiger partial charge in [0.2, 0.25) is 0 Å². The number of hydrogen-bond acceptors (Lipinski definition) is 3. The van der Waals surface area contributed by atoms with Crippen LogP contribution in [-0.2, 0) is 20.7 Å². The molecule has 0 aliphatic carbocycles. The van der Waals surface area contributed by atoms with Crippen LogP contribution in [0.15, 0.2) is 59.1 Å². The van der Waals surface area contributed by atoms with Crippen molar-refractivity contribution < 1.29 is 14.3 Å². The molecule has 0 N–H and O–H groups in total. The zero-order chi connectivity index (χ0) is 17.8. The standard InChI is InChI=1S/C20H18BrNO3/c1-14(20(24)22-13-12-16-4-2-3-5-18(16)22)25-19(23)11-8-15-6-9-17(21)10-7-15/h2-11,14H,12-13H2,1H3/b11-8+/t14-/m0/s1. The monoisotopic (exact) mass is 399 g/mol. The molecule has 2 aromatic rings. The molecule has 0 saturated heterocycles. The highest BCUT2D eigenvalue weighted by Crippen LogP contribution is 2.28. The lowest BCUT2D eigenvalue weighted by atomic mass is 10.2. The van der Waals surface area contributed by atoms with E-state index in [-0.39, 0.29) is 5.91 Å². The van der Waals surface area contributed by atoms with E-state index in [2.05, 4.69) is 15.9 Å². The smallest absolute Gasteiger partial charge is 0.331 e. The minimum absolute atomic E-state index is 0.199. The van der Waals surface area contributed by atoms with E-state index in [1.165, 1.54) is 6.08 Å². The number of anilines is 1. The summed E-state index contributed by atoms with van der Waals surface area (Å²) in [5.41, 5.74) is 2.93. The molecule has 0 bridgehead atoms. The lowest BCUT2D eigenvalue weighted by Crippen LogP contribution is -2.38. The summed E-state index contributed by atoms with van der Waals surface area (Å²) >= 11 is 3.36. The van der Waals surface area contributed by atoms with Gasteiger partial charge in [-0.1, -0.05) is 46.3 Å². The van der Waals surface area contributed by atoms with Gasteiger partial charge < -0.3 is 9.64 Å². The molecule has 0 fully saturated rings. The number of amides is 1. The molecule has 0 radical (unpaired) electrons. The lowest BCUT2D eigenvalue weighted by Gasteiger charge is -2.21. The first-order chi connectivity index (χ1) is 12.0. The van der Waals surface area contributed by atoms with Gasteiger partial charge in [-0.25, -0.2) is 4.79 Å². The first kappa shape index (κ1) is 17.4. The Bertz CT molecular complexity index is 814. The number of carbonyl (C=O) groups is 2. The molecule has 0 saturated carbocycles. The maximum Gasteiger partial charge on any atom is 0.331 e. The average molecular weight is 400 g/mol. The van der Waals surface area contributed by atoms with Crippen LogP contribution < -0.4 is 4.90 Å². The number of fused-ring (bicyclic) bond motifs is 1. The highest BCUT2D eigenvalue weighted by molar-refractivity contribution is 9.10. The van der Waals surface area contributed by atoms with Crippen molar-refractivity contribution in [3.63, 3.8) is 0 Å². The van der Waals surface area contributed by atoms with E-state index in [4.69, 9.17) is 4.74 Å². The Labute approximate surface area is 155 Å². The Kier molecular flexibility index (Phi) is 5.34. The van der Waals surface area contributed by atoms with Crippen LogP contribution in [0, 0.1) is 0 Å². The van der Waals surface area contributed by atoms with E-state index in [9.17, 15) is 9.59 Å². The van der Waals surface area contributed by atoms with Crippen molar-refractivity contribution in [3.05, 3.63) is 70.2 Å². The van der Waals surface area contributed by atoms with E-state index >= 15 is 0 Å². The third-order valence-corrected chi connectivity index (χ3v) is 4.60. The van der Waals surface area contributed by atoms with Gasteiger partial charge in [0.15, 0.2) is 6.10 Å². The fraction of sp³-hybridized carbons (Fsp3) is 0.200. The van der Waals surface area contributed by atoms with E-state index in [0.29, 0.717) is 6.54 Å². The maximum atomic E-state index is 12.6. The van der Waals surface area contributed by atoms with E-state index in [0.717, 1.165) is 27.7 Å². The Morgan fingerprint density at radius 3 is 2.64 bits per heavy atom. The molecule has 4 nitrogen and oxygen atoms in total. The van der Waals surface area contributed by atoms with Gasteiger partial charge in [0, 0.05) is 22.8 Å². The quantitative estimate of drug-likeness (QED) is 0.576. The molecule has 2 aromatic carbocycles. The summed E-state index contributed by atoms with van der Waals surface area (Å²) in [6.07, 6.45) is 3.00. The number of halogens is 1. The predicted octanol–water partition coefficient (Wildman–Crippen LogP) is 3.98. The number of ether oxygens (including phenoxy) is 1. The number of hydrogen-bond donors (Lipinski definition) is 0. The van der Waals surface area contributed by atoms with Crippen molar-refractivity contribution in [2.45, 2.75) is 19.4 Å². The molecule has 3 rings (SSSR count). The molecule has 5 heteroatoms. The summed E-state index contributed by atoms with van der Waals surface area (Å²) in [5.74, 6) is -0.730. The van der Waals surface area contributed by atoms with Crippen molar-refractivity contribution in [2.24, 2.45) is 0 Å². The van der Waals surface area contributed by atoms with E-state index < -0.39 is 12.1 Å². The van der Waals surface area contributed by atoms with Gasteiger partial charge in [0.05, 0.1) is 0 Å². The van der Waals surface area contributed by atoms with Crippen molar-refractivity contribution >= 4 is 39.6 Å². The summed E-state index contributed by atoms with van der Waals surface area (Å²) < 4.78 is 6.23. The number of carbonyl (C=O) groups excluding carboxylic acids is 2. The Morgan fingerprint density at radius 2 is 1.88 bits per heavy atom. The molecular weight excluding hydrogens is 382 g/mol. The van der Waals surface area contributed by atoms with Crippen LogP contribution in [0.4, 0.5) is 5.69 Å². The number of para-hydroxylation sites is 1. The largest absolute Gasteiger partial charge is 0.449 e. The van der Waals surface area contributed by atoms with Crippen LogP contribution in [0.5, 0.6) is 0 Å². The number of nitrogens with zero attached hydrogens (tertiary/aromatic N) is 1. The first-order valence-corrected chi connectivity index (χ1v) is 8.87. The fourth-order valence-electron chi connectivity index (χ4n) is 2.79. The molecule has 0 unspecified atom stereocenters. The van der Waals surface area contributed by atoms with Crippen molar-refractivity contribution in [3.8, 4) is 0 Å². The highest BCUT2D eigenvalue weighted by atomic mass is 79.9. The molecule has 0 aromatic heterocycles. The third-order valence-electron chi connectivity index (χ3n) is 4.08. The summed E-state index contributed by atoms with van der Waals surface area (Å²) in [5, 5.41) is 0. The summed E-state index contributed by atoms with van der Waals surface area (Å²) in [6, 6.07) is 15.3. The van der Waals surface area contributed by atoms with Gasteiger partial charge in [0.1, 0.15) is 0 Å². The van der Waals surface area contributed by atoms with Crippen LogP contribution in [0.25, 0.3) is 6.08 Å². The molecule has 25 heavy (non-hydrogen) atoms. The van der Waals surface area contributed by atoms with Crippen molar-refractivity contribution in [1.29, 1.82) is 0 Å². The molecule has 128 valence electrons. The molecule has 1 amide bonds. The van der Waals surface area contributed by atoms with Gasteiger partial charge in [0.25, 0.3) is 5.91 Å². The number of esters is 1. The van der Waals surface area contributed by atoms with Gasteiger partial charge in [-0.15, -0.1) is 0 Å². The predicted molar refractivity (Wildman–Crippen MR) is 101 cm³/mol. The molecule has 0 spiro atoms. The average Bonchev–Trinajstić information content (AvgIpc) is 3.04. The van der Waals surface area contributed by atoms with Gasteiger partial charge in [-0.05, 0) is 48.7 Å². The third kappa shape index (κ3) is 4.17. The second-order valence-electron chi connectivity index (χ2n) is 5.83. The van der Waals surface area contributed by atoms with Crippen LogP contribution in [-0.4, -0.2) is 24.5 Å². The first-order valence-electron chi connectivity index (χ1n) is 8.08. The maximum absolute atomic E-state index is 12.6. The highest BCUT2D eigenvalue weighted by Gasteiger charge is 2.29. The zero-order valence-electron chi connectivity index (χ0n) is 13.8. The minimum atomic E-state index is -0.826. The molecule has 1 heterocycles. The minimum Gasteiger partial charge on any atom is -0.449 e. The number of benzene rings is 2. The Hall–Kier alpha value is -2.40. The van der Waals surface area contributed by atoms with Crippen LogP contribution in [0.2, 0.25) is 0 Å². The van der Waals surface area contributed by atoms with Crippen LogP contribution >= 0.6 is 15.9 Å². The van der Waals surface area contributed by atoms with Crippen molar-refractivity contribution in [1.82, 2.24) is 0 Å². The molecule has 1 aliphatic heterocycles. The topological polar surface area (TPSA) is 46.6 Å². The fourth-order valence-corrected chi connectivity index (χ4v) is 3.05. The van der Waals surface area contributed by atoms with E-state index in [1.54, 1.807) is 17.9 Å². The molecule has 1 atom stereocenters.